The molecule has 0 amide bonds. The van der Waals surface area contributed by atoms with Crippen LogP contribution >= 0.6 is 0 Å². The maximum Gasteiger partial charge on any atom is 0.179 e. The molecule has 0 saturated carbocycles. The van der Waals surface area contributed by atoms with Gasteiger partial charge in [-0.05, 0) is 33.9 Å². The van der Waals surface area contributed by atoms with Gasteiger partial charge in [0.15, 0.2) is 5.43 Å². The van der Waals surface area contributed by atoms with E-state index in [-0.39, 0.29) is 10.8 Å². The van der Waals surface area contributed by atoms with Gasteiger partial charge in [-0.1, -0.05) is 51.1 Å². The van der Waals surface area contributed by atoms with Crippen LogP contribution < -0.4 is 5.43 Å². The van der Waals surface area contributed by atoms with Gasteiger partial charge in [0.05, 0.1) is 0 Å². The summed E-state index contributed by atoms with van der Waals surface area (Å²) in [7, 11) is 0. The predicted molar refractivity (Wildman–Crippen MR) is 68.9 cm³/mol. The van der Waals surface area contributed by atoms with E-state index in [1.54, 1.807) is 12.1 Å². The topological polar surface area (TPSA) is 17.1 Å². The monoisotopic (exact) mass is 212 g/mol. The summed E-state index contributed by atoms with van der Waals surface area (Å²) in [6, 6.07) is 13.5. The minimum atomic E-state index is 0.000944. The van der Waals surface area contributed by atoms with Crippen LogP contribution in [0.4, 0.5) is 0 Å². The van der Waals surface area contributed by atoms with Crippen LogP contribution in [0.25, 0.3) is 10.8 Å². The van der Waals surface area contributed by atoms with Crippen molar-refractivity contribution in [3.8, 4) is 0 Å². The summed E-state index contributed by atoms with van der Waals surface area (Å²) in [4.78, 5) is 11.8. The zero-order valence-corrected chi connectivity index (χ0v) is 9.95. The van der Waals surface area contributed by atoms with Gasteiger partial charge in [-0.2, -0.15) is 0 Å². The van der Waals surface area contributed by atoms with E-state index < -0.39 is 0 Å². The lowest BCUT2D eigenvalue weighted by molar-refractivity contribution is 0.591. The first-order valence-corrected chi connectivity index (χ1v) is 5.51. The van der Waals surface area contributed by atoms with Gasteiger partial charge >= 0.3 is 0 Å². The molecule has 0 aromatic heterocycles. The Kier molecular flexibility index (Phi) is 2.55. The molecule has 0 aliphatic heterocycles. The fourth-order valence-corrected chi connectivity index (χ4v) is 1.76. The summed E-state index contributed by atoms with van der Waals surface area (Å²) in [5, 5.41) is 2.12. The van der Waals surface area contributed by atoms with Crippen LogP contribution in [0.1, 0.15) is 26.3 Å². The zero-order valence-electron chi connectivity index (χ0n) is 9.95. The molecule has 2 rings (SSSR count). The van der Waals surface area contributed by atoms with Crippen molar-refractivity contribution in [1.29, 1.82) is 0 Å². The van der Waals surface area contributed by atoms with Gasteiger partial charge in [-0.25, -0.2) is 0 Å². The quantitative estimate of drug-likeness (QED) is 0.653. The molecule has 0 spiro atoms. The zero-order chi connectivity index (χ0) is 11.8. The minimum Gasteiger partial charge on any atom is -0.290 e. The van der Waals surface area contributed by atoms with Gasteiger partial charge in [-0.15, -0.1) is 0 Å². The van der Waals surface area contributed by atoms with Crippen molar-refractivity contribution in [3.63, 3.8) is 0 Å². The molecule has 1 heteroatoms. The summed E-state index contributed by atoms with van der Waals surface area (Å²) in [6.07, 6.45) is 0. The van der Waals surface area contributed by atoms with Crippen molar-refractivity contribution in [2.45, 2.75) is 26.2 Å². The van der Waals surface area contributed by atoms with Crippen molar-refractivity contribution >= 4 is 10.8 Å². The lowest BCUT2D eigenvalue weighted by Crippen LogP contribution is -2.12. The van der Waals surface area contributed by atoms with E-state index in [1.807, 2.05) is 24.3 Å². The molecular weight excluding hydrogens is 196 g/mol. The van der Waals surface area contributed by atoms with E-state index in [0.29, 0.717) is 0 Å². The molecule has 0 radical (unpaired) electrons. The first-order valence-electron chi connectivity index (χ1n) is 5.51. The molecule has 0 fully saturated rings. The van der Waals surface area contributed by atoms with E-state index >= 15 is 0 Å². The van der Waals surface area contributed by atoms with Crippen LogP contribution in [0.3, 0.4) is 0 Å². The predicted octanol–water partition coefficient (Wildman–Crippen LogP) is 3.50. The van der Waals surface area contributed by atoms with Crippen molar-refractivity contribution < 1.29 is 0 Å². The molecule has 2 aromatic rings. The third-order valence-electron chi connectivity index (χ3n) is 2.77. The highest BCUT2D eigenvalue weighted by Crippen LogP contribution is 2.23. The maximum absolute atomic E-state index is 11.8. The minimum absolute atomic E-state index is 0.000944. The Morgan fingerprint density at radius 3 is 2.00 bits per heavy atom. The molecule has 0 heterocycles. The number of fused-ring (bicyclic) bond motifs is 1. The Hall–Kier alpha value is -1.63. The average molecular weight is 212 g/mol. The molecule has 16 heavy (non-hydrogen) atoms. The van der Waals surface area contributed by atoms with Gasteiger partial charge in [0, 0.05) is 0 Å². The number of hydrogen-bond acceptors (Lipinski definition) is 1. The summed E-state index contributed by atoms with van der Waals surface area (Å²) >= 11 is 0. The molecular formula is C15H16O. The summed E-state index contributed by atoms with van der Waals surface area (Å²) in [5.41, 5.74) is 1.16. The Bertz CT molecular complexity index is 577. The molecule has 82 valence electrons. The first-order chi connectivity index (χ1) is 7.47. The van der Waals surface area contributed by atoms with E-state index in [2.05, 4.69) is 26.8 Å². The highest BCUT2D eigenvalue weighted by atomic mass is 16.1. The Balaban J connectivity index is 2.86. The molecule has 0 saturated heterocycles. The fraction of sp³-hybridized carbons (Fsp3) is 0.267. The van der Waals surface area contributed by atoms with Crippen molar-refractivity contribution in [3.05, 3.63) is 58.3 Å². The normalized spacial score (nSPS) is 11.7. The average Bonchev–Trinajstić information content (AvgIpc) is 2.34. The van der Waals surface area contributed by atoms with E-state index in [4.69, 9.17) is 0 Å². The van der Waals surface area contributed by atoms with Crippen LogP contribution in [0.2, 0.25) is 0 Å². The van der Waals surface area contributed by atoms with Crippen LogP contribution in [-0.2, 0) is 5.41 Å². The Labute approximate surface area is 95.7 Å². The van der Waals surface area contributed by atoms with Crippen LogP contribution in [0, 0.1) is 0 Å². The maximum atomic E-state index is 11.8. The van der Waals surface area contributed by atoms with E-state index in [1.165, 1.54) is 0 Å². The Morgan fingerprint density at radius 2 is 1.44 bits per heavy atom. The second-order valence-electron chi connectivity index (χ2n) is 5.17. The lowest BCUT2D eigenvalue weighted by atomic mass is 9.88. The second-order valence-corrected chi connectivity index (χ2v) is 5.17. The molecule has 0 atom stereocenters. The highest BCUT2D eigenvalue weighted by molar-refractivity contribution is 5.82. The van der Waals surface area contributed by atoms with Crippen LogP contribution in [0.15, 0.2) is 47.3 Å². The molecule has 1 nitrogen and oxygen atoms in total. The van der Waals surface area contributed by atoms with E-state index in [9.17, 15) is 4.79 Å². The molecule has 0 bridgehead atoms. The Morgan fingerprint density at radius 1 is 0.875 bits per heavy atom. The van der Waals surface area contributed by atoms with Crippen molar-refractivity contribution in [1.82, 2.24) is 0 Å². The van der Waals surface area contributed by atoms with Crippen LogP contribution in [-0.4, -0.2) is 0 Å². The largest absolute Gasteiger partial charge is 0.290 e. The van der Waals surface area contributed by atoms with Gasteiger partial charge in [0.25, 0.3) is 0 Å². The molecule has 0 unspecified atom stereocenters. The lowest BCUT2D eigenvalue weighted by Gasteiger charge is -2.17. The summed E-state index contributed by atoms with van der Waals surface area (Å²) < 4.78 is 0. The van der Waals surface area contributed by atoms with Crippen molar-refractivity contribution in [2.24, 2.45) is 0 Å². The van der Waals surface area contributed by atoms with Crippen LogP contribution in [0.5, 0.6) is 0 Å². The standard InChI is InChI=1S/C15H16O/c1-15(2,3)13-8-11-6-4-5-7-12(11)9-14(16)10-13/h4-10H,1-3H3. The van der Waals surface area contributed by atoms with E-state index in [0.717, 1.165) is 16.3 Å². The molecule has 0 N–H and O–H groups in total. The first kappa shape index (κ1) is 10.9. The smallest absolute Gasteiger partial charge is 0.179 e. The number of rotatable bonds is 0. The second kappa shape index (κ2) is 3.75. The van der Waals surface area contributed by atoms with Gasteiger partial charge in [0.2, 0.25) is 0 Å². The number of benzene rings is 1. The third-order valence-corrected chi connectivity index (χ3v) is 2.77. The number of hydrogen-bond donors (Lipinski definition) is 0. The highest BCUT2D eigenvalue weighted by Gasteiger charge is 2.13. The third kappa shape index (κ3) is 2.13. The summed E-state index contributed by atoms with van der Waals surface area (Å²) in [6.45, 7) is 6.36. The van der Waals surface area contributed by atoms with Crippen molar-refractivity contribution in [2.75, 3.05) is 0 Å². The molecule has 0 aliphatic rings. The van der Waals surface area contributed by atoms with Gasteiger partial charge in [0.1, 0.15) is 0 Å². The molecule has 0 aliphatic carbocycles. The van der Waals surface area contributed by atoms with Gasteiger partial charge in [-0.3, -0.25) is 4.79 Å². The van der Waals surface area contributed by atoms with Gasteiger partial charge < -0.3 is 0 Å². The fourth-order valence-electron chi connectivity index (χ4n) is 1.76. The molecule has 2 aromatic carbocycles. The summed E-state index contributed by atoms with van der Waals surface area (Å²) in [5.74, 6) is 0. The SMILES string of the molecule is CC(C)(C)c1cc(=O)cc2ccccc2c1.